The van der Waals surface area contributed by atoms with E-state index >= 15 is 0 Å². The van der Waals surface area contributed by atoms with Gasteiger partial charge in [0, 0.05) is 24.3 Å². The standard InChI is InChI=1S/C17H14N4O/c18-11-13-3-1-5-15(9-13)20-8-7-17(22)21-16-6-2-4-14(10-16)12-19/h1-6,9-10,20H,7-8H2,(H,21,22). The Labute approximate surface area is 128 Å². The van der Waals surface area contributed by atoms with Crippen molar-refractivity contribution >= 4 is 17.3 Å². The minimum atomic E-state index is -0.140. The van der Waals surface area contributed by atoms with Crippen molar-refractivity contribution in [3.05, 3.63) is 59.7 Å². The van der Waals surface area contributed by atoms with Crippen LogP contribution in [-0.4, -0.2) is 12.5 Å². The second-order valence-electron chi connectivity index (χ2n) is 4.61. The second-order valence-corrected chi connectivity index (χ2v) is 4.61. The molecule has 0 aliphatic heterocycles. The number of nitrogens with zero attached hydrogens (tertiary/aromatic N) is 2. The summed E-state index contributed by atoms with van der Waals surface area (Å²) in [7, 11) is 0. The summed E-state index contributed by atoms with van der Waals surface area (Å²) in [5, 5.41) is 23.5. The number of nitrogens with one attached hydrogen (secondary N) is 2. The van der Waals surface area contributed by atoms with Crippen LogP contribution in [0.5, 0.6) is 0 Å². The zero-order valence-corrected chi connectivity index (χ0v) is 11.8. The highest BCUT2D eigenvalue weighted by atomic mass is 16.1. The summed E-state index contributed by atoms with van der Waals surface area (Å²) in [4.78, 5) is 11.8. The van der Waals surface area contributed by atoms with Gasteiger partial charge in [-0.3, -0.25) is 4.79 Å². The fourth-order valence-corrected chi connectivity index (χ4v) is 1.91. The number of hydrogen-bond donors (Lipinski definition) is 2. The third-order valence-electron chi connectivity index (χ3n) is 2.95. The fraction of sp³-hybridized carbons (Fsp3) is 0.118. The molecule has 0 heterocycles. The highest BCUT2D eigenvalue weighted by Crippen LogP contribution is 2.11. The molecule has 22 heavy (non-hydrogen) atoms. The van der Waals surface area contributed by atoms with Crippen molar-refractivity contribution in [3.63, 3.8) is 0 Å². The van der Waals surface area contributed by atoms with Crippen LogP contribution in [0.15, 0.2) is 48.5 Å². The first-order valence-corrected chi connectivity index (χ1v) is 6.75. The third kappa shape index (κ3) is 4.36. The second kappa shape index (κ2) is 7.47. The maximum Gasteiger partial charge on any atom is 0.226 e. The SMILES string of the molecule is N#Cc1cccc(NCCC(=O)Nc2cccc(C#N)c2)c1. The maximum absolute atomic E-state index is 11.8. The Morgan fingerprint density at radius 3 is 2.18 bits per heavy atom. The molecule has 0 radical (unpaired) electrons. The van der Waals surface area contributed by atoms with Gasteiger partial charge >= 0.3 is 0 Å². The van der Waals surface area contributed by atoms with Crippen LogP contribution in [0.3, 0.4) is 0 Å². The van der Waals surface area contributed by atoms with Crippen molar-refractivity contribution in [1.29, 1.82) is 10.5 Å². The Morgan fingerprint density at radius 1 is 0.955 bits per heavy atom. The molecule has 0 fully saturated rings. The smallest absolute Gasteiger partial charge is 0.226 e. The molecule has 2 aromatic carbocycles. The molecule has 0 aliphatic carbocycles. The summed E-state index contributed by atoms with van der Waals surface area (Å²) in [5.41, 5.74) is 2.49. The fourth-order valence-electron chi connectivity index (χ4n) is 1.91. The monoisotopic (exact) mass is 290 g/mol. The van der Waals surface area contributed by atoms with E-state index in [4.69, 9.17) is 10.5 Å². The van der Waals surface area contributed by atoms with Crippen LogP contribution >= 0.6 is 0 Å². The van der Waals surface area contributed by atoms with E-state index < -0.39 is 0 Å². The van der Waals surface area contributed by atoms with Crippen molar-refractivity contribution in [2.75, 3.05) is 17.2 Å². The molecule has 0 bridgehead atoms. The van der Waals surface area contributed by atoms with E-state index in [0.29, 0.717) is 23.4 Å². The lowest BCUT2D eigenvalue weighted by Crippen LogP contribution is -2.16. The van der Waals surface area contributed by atoms with Crippen molar-refractivity contribution < 1.29 is 4.79 Å². The van der Waals surface area contributed by atoms with E-state index in [0.717, 1.165) is 5.69 Å². The summed E-state index contributed by atoms with van der Waals surface area (Å²) in [6.07, 6.45) is 0.285. The van der Waals surface area contributed by atoms with Crippen molar-refractivity contribution in [1.82, 2.24) is 0 Å². The number of benzene rings is 2. The molecule has 108 valence electrons. The molecule has 1 amide bonds. The van der Waals surface area contributed by atoms with Gasteiger partial charge in [-0.1, -0.05) is 12.1 Å². The summed E-state index contributed by atoms with van der Waals surface area (Å²) < 4.78 is 0. The Morgan fingerprint density at radius 2 is 1.55 bits per heavy atom. The number of carbonyl (C=O) groups excluding carboxylic acids is 1. The topological polar surface area (TPSA) is 88.7 Å². The first kappa shape index (κ1) is 15.1. The number of nitriles is 2. The number of hydrogen-bond acceptors (Lipinski definition) is 4. The van der Waals surface area contributed by atoms with E-state index in [1.807, 2.05) is 12.1 Å². The van der Waals surface area contributed by atoms with E-state index in [2.05, 4.69) is 16.7 Å². The summed E-state index contributed by atoms with van der Waals surface area (Å²) >= 11 is 0. The first-order valence-electron chi connectivity index (χ1n) is 6.75. The van der Waals surface area contributed by atoms with Crippen LogP contribution in [-0.2, 0) is 4.79 Å². The lowest BCUT2D eigenvalue weighted by molar-refractivity contribution is -0.115. The molecule has 0 saturated heterocycles. The molecule has 0 atom stereocenters. The molecule has 0 saturated carbocycles. The molecular weight excluding hydrogens is 276 g/mol. The quantitative estimate of drug-likeness (QED) is 0.886. The highest BCUT2D eigenvalue weighted by Gasteiger charge is 2.03. The van der Waals surface area contributed by atoms with Crippen LogP contribution in [0.4, 0.5) is 11.4 Å². The van der Waals surface area contributed by atoms with Crippen LogP contribution < -0.4 is 10.6 Å². The predicted octanol–water partition coefficient (Wildman–Crippen LogP) is 2.87. The normalized spacial score (nSPS) is 9.36. The first-order chi connectivity index (χ1) is 10.7. The van der Waals surface area contributed by atoms with Gasteiger partial charge in [-0.15, -0.1) is 0 Å². The molecule has 2 rings (SSSR count). The van der Waals surface area contributed by atoms with Gasteiger partial charge in [0.15, 0.2) is 0 Å². The largest absolute Gasteiger partial charge is 0.384 e. The van der Waals surface area contributed by atoms with Crippen molar-refractivity contribution in [2.24, 2.45) is 0 Å². The van der Waals surface area contributed by atoms with Gasteiger partial charge in [0.1, 0.15) is 0 Å². The zero-order valence-electron chi connectivity index (χ0n) is 11.8. The van der Waals surface area contributed by atoms with E-state index in [1.165, 1.54) is 0 Å². The van der Waals surface area contributed by atoms with E-state index in [9.17, 15) is 4.79 Å². The molecule has 2 N–H and O–H groups in total. The number of amides is 1. The lowest BCUT2D eigenvalue weighted by Gasteiger charge is -2.08. The molecule has 0 spiro atoms. The summed E-state index contributed by atoms with van der Waals surface area (Å²) in [6.45, 7) is 0.457. The Kier molecular flexibility index (Phi) is 5.12. The summed E-state index contributed by atoms with van der Waals surface area (Å²) in [6, 6.07) is 17.9. The minimum absolute atomic E-state index is 0.140. The molecule has 5 heteroatoms. The lowest BCUT2D eigenvalue weighted by atomic mass is 10.2. The van der Waals surface area contributed by atoms with E-state index in [1.54, 1.807) is 42.5 Å². The third-order valence-corrected chi connectivity index (χ3v) is 2.95. The minimum Gasteiger partial charge on any atom is -0.384 e. The van der Waals surface area contributed by atoms with Crippen molar-refractivity contribution in [2.45, 2.75) is 6.42 Å². The van der Waals surface area contributed by atoms with Crippen LogP contribution in [0.1, 0.15) is 17.5 Å². The molecule has 0 aliphatic rings. The van der Waals surface area contributed by atoms with Gasteiger partial charge in [-0.25, -0.2) is 0 Å². The van der Waals surface area contributed by atoms with Gasteiger partial charge in [0.2, 0.25) is 5.91 Å². The van der Waals surface area contributed by atoms with Crippen LogP contribution in [0.2, 0.25) is 0 Å². The molecular formula is C17H14N4O. The Hall–Kier alpha value is -3.31. The Balaban J connectivity index is 1.83. The number of rotatable bonds is 5. The average molecular weight is 290 g/mol. The van der Waals surface area contributed by atoms with Gasteiger partial charge in [-0.05, 0) is 36.4 Å². The van der Waals surface area contributed by atoms with Gasteiger partial charge in [0.05, 0.1) is 23.3 Å². The number of anilines is 2. The van der Waals surface area contributed by atoms with Crippen molar-refractivity contribution in [3.8, 4) is 12.1 Å². The van der Waals surface area contributed by atoms with Gasteiger partial charge in [-0.2, -0.15) is 10.5 Å². The number of carbonyl (C=O) groups is 1. The zero-order chi connectivity index (χ0) is 15.8. The average Bonchev–Trinajstić information content (AvgIpc) is 2.55. The molecule has 0 unspecified atom stereocenters. The van der Waals surface area contributed by atoms with Crippen LogP contribution in [0, 0.1) is 22.7 Å². The Bertz CT molecular complexity index is 756. The molecule has 2 aromatic rings. The predicted molar refractivity (Wildman–Crippen MR) is 84.1 cm³/mol. The van der Waals surface area contributed by atoms with Crippen LogP contribution in [0.25, 0.3) is 0 Å². The summed E-state index contributed by atoms with van der Waals surface area (Å²) in [5.74, 6) is -0.140. The molecule has 0 aromatic heterocycles. The van der Waals surface area contributed by atoms with Gasteiger partial charge < -0.3 is 10.6 Å². The molecule has 5 nitrogen and oxygen atoms in total. The highest BCUT2D eigenvalue weighted by molar-refractivity contribution is 5.91. The van der Waals surface area contributed by atoms with E-state index in [-0.39, 0.29) is 12.3 Å². The maximum atomic E-state index is 11.8. The van der Waals surface area contributed by atoms with Gasteiger partial charge in [0.25, 0.3) is 0 Å².